The smallest absolute Gasteiger partial charge is 0.244 e. The highest BCUT2D eigenvalue weighted by molar-refractivity contribution is 7.89. The summed E-state index contributed by atoms with van der Waals surface area (Å²) in [7, 11) is -0.661. The molecule has 0 amide bonds. The predicted molar refractivity (Wildman–Crippen MR) is 99.7 cm³/mol. The lowest BCUT2D eigenvalue weighted by Crippen LogP contribution is -2.39. The summed E-state index contributed by atoms with van der Waals surface area (Å²) in [6.07, 6.45) is 5.01. The maximum atomic E-state index is 12.8. The highest BCUT2D eigenvalue weighted by Crippen LogP contribution is 2.40. The van der Waals surface area contributed by atoms with Gasteiger partial charge in [0.15, 0.2) is 0 Å². The molecule has 25 heavy (non-hydrogen) atoms. The fraction of sp³-hybridized carbons (Fsp3) is 0.684. The molecule has 0 saturated heterocycles. The van der Waals surface area contributed by atoms with Gasteiger partial charge in [0.25, 0.3) is 0 Å². The summed E-state index contributed by atoms with van der Waals surface area (Å²) in [5, 5.41) is 0. The predicted octanol–water partition coefficient (Wildman–Crippen LogP) is 3.98. The Morgan fingerprint density at radius 1 is 1.12 bits per heavy atom. The van der Waals surface area contributed by atoms with Crippen LogP contribution in [0, 0.1) is 11.3 Å². The summed E-state index contributed by atoms with van der Waals surface area (Å²) in [5.74, 6) is 1.48. The molecular weight excluding hydrogens is 338 g/mol. The van der Waals surface area contributed by atoms with E-state index < -0.39 is 10.0 Å². The van der Waals surface area contributed by atoms with E-state index in [1.165, 1.54) is 20.3 Å². The van der Waals surface area contributed by atoms with E-state index in [2.05, 4.69) is 25.5 Å². The van der Waals surface area contributed by atoms with Crippen LogP contribution in [0.25, 0.3) is 0 Å². The Hall–Kier alpha value is -1.27. The molecule has 1 N–H and O–H groups in total. The Morgan fingerprint density at radius 3 is 2.28 bits per heavy atom. The van der Waals surface area contributed by atoms with Crippen molar-refractivity contribution in [2.24, 2.45) is 11.3 Å². The molecule has 1 fully saturated rings. The molecule has 142 valence electrons. The third kappa shape index (κ3) is 4.67. The van der Waals surface area contributed by atoms with E-state index in [1.54, 1.807) is 12.1 Å². The van der Waals surface area contributed by atoms with Crippen molar-refractivity contribution in [1.82, 2.24) is 4.72 Å². The number of benzene rings is 1. The van der Waals surface area contributed by atoms with Gasteiger partial charge in [0.05, 0.1) is 14.2 Å². The van der Waals surface area contributed by atoms with Crippen LogP contribution in [0.3, 0.4) is 0 Å². The summed E-state index contributed by atoms with van der Waals surface area (Å²) in [4.78, 5) is 0.130. The van der Waals surface area contributed by atoms with Crippen LogP contribution in [0.1, 0.15) is 52.9 Å². The maximum Gasteiger partial charge on any atom is 0.244 e. The molecule has 1 aliphatic carbocycles. The van der Waals surface area contributed by atoms with Crippen molar-refractivity contribution in [3.05, 3.63) is 18.2 Å². The van der Waals surface area contributed by atoms with Gasteiger partial charge in [-0.2, -0.15) is 0 Å². The van der Waals surface area contributed by atoms with E-state index in [0.717, 1.165) is 32.1 Å². The second-order valence-corrected chi connectivity index (χ2v) is 9.21. The average Bonchev–Trinajstić information content (AvgIpc) is 2.61. The Morgan fingerprint density at radius 2 is 1.76 bits per heavy atom. The molecule has 1 aromatic carbocycles. The lowest BCUT2D eigenvalue weighted by Gasteiger charge is -2.39. The summed E-state index contributed by atoms with van der Waals surface area (Å²) in [5.41, 5.74) is 0.319. The van der Waals surface area contributed by atoms with E-state index in [0.29, 0.717) is 22.8 Å². The number of rotatable bonds is 7. The van der Waals surface area contributed by atoms with Crippen molar-refractivity contribution in [1.29, 1.82) is 0 Å². The molecule has 1 saturated carbocycles. The molecule has 6 heteroatoms. The van der Waals surface area contributed by atoms with Crippen LogP contribution < -0.4 is 14.2 Å². The van der Waals surface area contributed by atoms with Crippen molar-refractivity contribution < 1.29 is 17.9 Å². The summed E-state index contributed by atoms with van der Waals surface area (Å²) in [6, 6.07) is 4.79. The van der Waals surface area contributed by atoms with Crippen LogP contribution in [-0.2, 0) is 10.0 Å². The topological polar surface area (TPSA) is 64.6 Å². The zero-order valence-corrected chi connectivity index (χ0v) is 16.8. The number of hydrogen-bond acceptors (Lipinski definition) is 4. The number of sulfonamides is 1. The van der Waals surface area contributed by atoms with Crippen molar-refractivity contribution in [3.8, 4) is 11.5 Å². The third-order valence-electron chi connectivity index (χ3n) is 5.73. The van der Waals surface area contributed by atoms with Gasteiger partial charge in [-0.3, -0.25) is 0 Å². The average molecular weight is 370 g/mol. The first kappa shape index (κ1) is 20.0. The number of methoxy groups -OCH3 is 2. The van der Waals surface area contributed by atoms with Crippen molar-refractivity contribution in [3.63, 3.8) is 0 Å². The minimum Gasteiger partial charge on any atom is -0.497 e. The first-order chi connectivity index (χ1) is 11.7. The van der Waals surface area contributed by atoms with Crippen LogP contribution in [-0.4, -0.2) is 28.7 Å². The van der Waals surface area contributed by atoms with Crippen LogP contribution in [0.2, 0.25) is 0 Å². The fourth-order valence-electron chi connectivity index (χ4n) is 3.56. The van der Waals surface area contributed by atoms with Gasteiger partial charge in [-0.15, -0.1) is 0 Å². The van der Waals surface area contributed by atoms with Crippen molar-refractivity contribution in [2.75, 3.05) is 14.2 Å². The molecule has 2 rings (SSSR count). The first-order valence-corrected chi connectivity index (χ1v) is 10.5. The second-order valence-electron chi connectivity index (χ2n) is 7.53. The van der Waals surface area contributed by atoms with Gasteiger partial charge in [-0.25, -0.2) is 13.1 Å². The summed E-state index contributed by atoms with van der Waals surface area (Å²) < 4.78 is 38.9. The number of hydrogen-bond donors (Lipinski definition) is 1. The Bertz CT molecular complexity index is 677. The van der Waals surface area contributed by atoms with Gasteiger partial charge in [0, 0.05) is 12.1 Å². The van der Waals surface area contributed by atoms with Gasteiger partial charge in [-0.1, -0.05) is 27.2 Å². The molecule has 0 heterocycles. The van der Waals surface area contributed by atoms with Gasteiger partial charge in [-0.05, 0) is 49.1 Å². The van der Waals surface area contributed by atoms with Crippen molar-refractivity contribution in [2.45, 2.75) is 63.8 Å². The third-order valence-corrected chi connectivity index (χ3v) is 7.27. The van der Waals surface area contributed by atoms with E-state index in [-0.39, 0.29) is 10.9 Å². The largest absolute Gasteiger partial charge is 0.497 e. The van der Waals surface area contributed by atoms with E-state index in [1.807, 2.05) is 0 Å². The molecule has 0 radical (unpaired) electrons. The van der Waals surface area contributed by atoms with E-state index >= 15 is 0 Å². The SMILES string of the molecule is CCC(C)(C)C1CCC(NS(=O)(=O)c2cc(OC)ccc2OC)CC1. The number of nitrogens with one attached hydrogen (secondary N) is 1. The van der Waals surface area contributed by atoms with Crippen LogP contribution in [0.4, 0.5) is 0 Å². The molecular formula is C19H31NO4S. The monoisotopic (exact) mass is 369 g/mol. The van der Waals surface area contributed by atoms with Gasteiger partial charge in [0.2, 0.25) is 10.0 Å². The second kappa shape index (κ2) is 7.96. The van der Waals surface area contributed by atoms with E-state index in [9.17, 15) is 8.42 Å². The molecule has 0 unspecified atom stereocenters. The molecule has 0 atom stereocenters. The molecule has 0 aromatic heterocycles. The molecule has 1 aromatic rings. The van der Waals surface area contributed by atoms with Gasteiger partial charge in [0.1, 0.15) is 16.4 Å². The number of ether oxygens (including phenoxy) is 2. The summed E-state index contributed by atoms with van der Waals surface area (Å²) in [6.45, 7) is 6.84. The highest BCUT2D eigenvalue weighted by atomic mass is 32.2. The lowest BCUT2D eigenvalue weighted by atomic mass is 9.69. The van der Waals surface area contributed by atoms with Gasteiger partial charge >= 0.3 is 0 Å². The normalized spacial score (nSPS) is 21.8. The minimum absolute atomic E-state index is 0.0233. The Kier molecular flexibility index (Phi) is 6.38. The zero-order chi connectivity index (χ0) is 18.7. The zero-order valence-electron chi connectivity index (χ0n) is 16.0. The maximum absolute atomic E-state index is 12.8. The van der Waals surface area contributed by atoms with Crippen LogP contribution in [0.15, 0.2) is 23.1 Å². The fourth-order valence-corrected chi connectivity index (χ4v) is 5.05. The van der Waals surface area contributed by atoms with Gasteiger partial charge < -0.3 is 9.47 Å². The highest BCUT2D eigenvalue weighted by Gasteiger charge is 2.33. The lowest BCUT2D eigenvalue weighted by molar-refractivity contribution is 0.142. The standard InChI is InChI=1S/C19H31NO4S/c1-6-19(2,3)14-7-9-15(10-8-14)20-25(21,22)18-13-16(23-4)11-12-17(18)24-5/h11-15,20H,6-10H2,1-5H3. The van der Waals surface area contributed by atoms with Crippen LogP contribution in [0.5, 0.6) is 11.5 Å². The first-order valence-electron chi connectivity index (χ1n) is 8.98. The molecule has 0 bridgehead atoms. The molecule has 0 aliphatic heterocycles. The molecule has 0 spiro atoms. The summed E-state index contributed by atoms with van der Waals surface area (Å²) >= 11 is 0. The van der Waals surface area contributed by atoms with Crippen molar-refractivity contribution >= 4 is 10.0 Å². The Balaban J connectivity index is 2.10. The minimum atomic E-state index is -3.65. The Labute approximate surface area is 152 Å². The van der Waals surface area contributed by atoms with Crippen LogP contribution >= 0.6 is 0 Å². The molecule has 5 nitrogen and oxygen atoms in total. The molecule has 1 aliphatic rings. The quantitative estimate of drug-likeness (QED) is 0.790. The van der Waals surface area contributed by atoms with E-state index in [4.69, 9.17) is 9.47 Å².